The average molecular weight is 238 g/mol. The van der Waals surface area contributed by atoms with E-state index in [1.54, 1.807) is 15.8 Å². The van der Waals surface area contributed by atoms with Crippen molar-refractivity contribution in [2.75, 3.05) is 19.4 Å². The minimum Gasteiger partial charge on any atom is -0.396 e. The molecule has 1 amide bonds. The van der Waals surface area contributed by atoms with Crippen LogP contribution < -0.4 is 5.73 Å². The molecule has 0 spiro atoms. The Morgan fingerprint density at radius 2 is 2.53 bits per heavy atom. The maximum Gasteiger partial charge on any atom is 0.244 e. The van der Waals surface area contributed by atoms with E-state index in [0.29, 0.717) is 5.69 Å². The maximum atomic E-state index is 12.0. The van der Waals surface area contributed by atoms with Crippen LogP contribution in [0, 0.1) is 0 Å². The lowest BCUT2D eigenvalue weighted by molar-refractivity contribution is -0.133. The highest BCUT2D eigenvalue weighted by molar-refractivity contribution is 5.76. The number of anilines is 1. The van der Waals surface area contributed by atoms with E-state index in [4.69, 9.17) is 10.5 Å². The monoisotopic (exact) mass is 238 g/mol. The zero-order valence-electron chi connectivity index (χ0n) is 10.2. The normalized spacial score (nSPS) is 23.9. The standard InChI is InChI=1S/C11H18N4O2/c1-8-10(3-4-17-8)14(2)11(16)7-15-6-9(12)5-13-15/h5-6,8,10H,3-4,7,12H2,1-2H3. The van der Waals surface area contributed by atoms with Crippen molar-refractivity contribution in [1.82, 2.24) is 14.7 Å². The fourth-order valence-corrected chi connectivity index (χ4v) is 2.13. The highest BCUT2D eigenvalue weighted by Crippen LogP contribution is 2.18. The molecule has 2 heterocycles. The van der Waals surface area contributed by atoms with Crippen LogP contribution in [0.2, 0.25) is 0 Å². The molecule has 94 valence electrons. The molecule has 17 heavy (non-hydrogen) atoms. The number of ether oxygens (including phenoxy) is 1. The number of nitrogens with two attached hydrogens (primary N) is 1. The molecule has 1 fully saturated rings. The van der Waals surface area contributed by atoms with Gasteiger partial charge in [0.15, 0.2) is 0 Å². The molecule has 0 bridgehead atoms. The molecule has 6 heteroatoms. The first-order valence-electron chi connectivity index (χ1n) is 5.73. The van der Waals surface area contributed by atoms with Crippen molar-refractivity contribution in [2.45, 2.75) is 32.0 Å². The Hall–Kier alpha value is -1.56. The molecule has 1 saturated heterocycles. The highest BCUT2D eigenvalue weighted by atomic mass is 16.5. The molecule has 2 rings (SSSR count). The first kappa shape index (κ1) is 11.9. The van der Waals surface area contributed by atoms with Crippen LogP contribution in [0.5, 0.6) is 0 Å². The van der Waals surface area contributed by atoms with E-state index in [0.717, 1.165) is 13.0 Å². The fourth-order valence-electron chi connectivity index (χ4n) is 2.13. The Morgan fingerprint density at radius 3 is 3.06 bits per heavy atom. The van der Waals surface area contributed by atoms with Gasteiger partial charge in [-0.2, -0.15) is 5.10 Å². The molecule has 2 unspecified atom stereocenters. The van der Waals surface area contributed by atoms with Crippen LogP contribution in [-0.4, -0.2) is 46.4 Å². The third-order valence-corrected chi connectivity index (χ3v) is 3.18. The number of hydrogen-bond donors (Lipinski definition) is 1. The average Bonchev–Trinajstić information content (AvgIpc) is 2.86. The van der Waals surface area contributed by atoms with Crippen molar-refractivity contribution in [3.8, 4) is 0 Å². The summed E-state index contributed by atoms with van der Waals surface area (Å²) in [6.45, 7) is 2.93. The van der Waals surface area contributed by atoms with E-state index in [1.807, 2.05) is 14.0 Å². The van der Waals surface area contributed by atoms with Crippen molar-refractivity contribution in [2.24, 2.45) is 0 Å². The molecule has 0 aliphatic carbocycles. The Kier molecular flexibility index (Phi) is 3.33. The van der Waals surface area contributed by atoms with E-state index in [-0.39, 0.29) is 24.6 Å². The summed E-state index contributed by atoms with van der Waals surface area (Å²) in [6.07, 6.45) is 4.19. The first-order chi connectivity index (χ1) is 8.08. The Morgan fingerprint density at radius 1 is 1.76 bits per heavy atom. The van der Waals surface area contributed by atoms with Gasteiger partial charge in [-0.05, 0) is 13.3 Å². The number of hydrogen-bond acceptors (Lipinski definition) is 4. The topological polar surface area (TPSA) is 73.4 Å². The van der Waals surface area contributed by atoms with E-state index in [9.17, 15) is 4.79 Å². The van der Waals surface area contributed by atoms with Crippen molar-refractivity contribution < 1.29 is 9.53 Å². The van der Waals surface area contributed by atoms with Crippen LogP contribution in [0.1, 0.15) is 13.3 Å². The van der Waals surface area contributed by atoms with Crippen LogP contribution >= 0.6 is 0 Å². The van der Waals surface area contributed by atoms with Gasteiger partial charge in [0.1, 0.15) is 6.54 Å². The van der Waals surface area contributed by atoms with Crippen molar-refractivity contribution in [3.05, 3.63) is 12.4 Å². The molecule has 1 aliphatic heterocycles. The third kappa shape index (κ3) is 2.58. The lowest BCUT2D eigenvalue weighted by atomic mass is 10.1. The predicted molar refractivity (Wildman–Crippen MR) is 63.2 cm³/mol. The number of carbonyl (C=O) groups is 1. The summed E-state index contributed by atoms with van der Waals surface area (Å²) in [4.78, 5) is 13.8. The van der Waals surface area contributed by atoms with Gasteiger partial charge in [-0.15, -0.1) is 0 Å². The zero-order chi connectivity index (χ0) is 12.4. The molecule has 2 N–H and O–H groups in total. The second-order valence-corrected chi connectivity index (χ2v) is 4.41. The highest BCUT2D eigenvalue weighted by Gasteiger charge is 2.30. The van der Waals surface area contributed by atoms with Crippen LogP contribution in [0.4, 0.5) is 5.69 Å². The van der Waals surface area contributed by atoms with Gasteiger partial charge in [-0.25, -0.2) is 0 Å². The first-order valence-corrected chi connectivity index (χ1v) is 5.73. The summed E-state index contributed by atoms with van der Waals surface area (Å²) in [5.74, 6) is 0.0236. The summed E-state index contributed by atoms with van der Waals surface area (Å²) < 4.78 is 7.00. The van der Waals surface area contributed by atoms with Crippen LogP contribution in [-0.2, 0) is 16.1 Å². The van der Waals surface area contributed by atoms with Gasteiger partial charge in [0.25, 0.3) is 0 Å². The van der Waals surface area contributed by atoms with Gasteiger partial charge in [0.2, 0.25) is 5.91 Å². The Bertz CT molecular complexity index is 404. The minimum absolute atomic E-state index is 0.0236. The van der Waals surface area contributed by atoms with Crippen molar-refractivity contribution in [1.29, 1.82) is 0 Å². The van der Waals surface area contributed by atoms with Gasteiger partial charge in [0.05, 0.1) is 24.0 Å². The van der Waals surface area contributed by atoms with Crippen molar-refractivity contribution >= 4 is 11.6 Å². The largest absolute Gasteiger partial charge is 0.396 e. The third-order valence-electron chi connectivity index (χ3n) is 3.18. The SMILES string of the molecule is CC1OCCC1N(C)C(=O)Cn1cc(N)cn1. The number of carbonyl (C=O) groups excluding carboxylic acids is 1. The maximum absolute atomic E-state index is 12.0. The van der Waals surface area contributed by atoms with E-state index >= 15 is 0 Å². The van der Waals surface area contributed by atoms with Gasteiger partial charge < -0.3 is 15.4 Å². The Labute approximate surface area is 100 Å². The van der Waals surface area contributed by atoms with E-state index in [1.165, 1.54) is 6.20 Å². The smallest absolute Gasteiger partial charge is 0.244 e. The summed E-state index contributed by atoms with van der Waals surface area (Å²) in [5, 5.41) is 4.00. The summed E-state index contributed by atoms with van der Waals surface area (Å²) >= 11 is 0. The summed E-state index contributed by atoms with van der Waals surface area (Å²) in [6, 6.07) is 0.162. The molecular weight excluding hydrogens is 220 g/mol. The number of aromatic nitrogens is 2. The van der Waals surface area contributed by atoms with Gasteiger partial charge in [0, 0.05) is 19.9 Å². The molecule has 0 aromatic carbocycles. The van der Waals surface area contributed by atoms with Crippen LogP contribution in [0.15, 0.2) is 12.4 Å². The number of rotatable bonds is 3. The number of amides is 1. The zero-order valence-corrected chi connectivity index (χ0v) is 10.2. The molecule has 1 aromatic heterocycles. The fraction of sp³-hybridized carbons (Fsp3) is 0.636. The molecule has 0 radical (unpaired) electrons. The predicted octanol–water partition coefficient (Wildman–Crippen LogP) is 0.101. The van der Waals surface area contributed by atoms with Crippen LogP contribution in [0.3, 0.4) is 0 Å². The van der Waals surface area contributed by atoms with Gasteiger partial charge >= 0.3 is 0 Å². The number of nitrogen functional groups attached to an aromatic ring is 1. The second kappa shape index (κ2) is 4.75. The quantitative estimate of drug-likeness (QED) is 0.810. The lowest BCUT2D eigenvalue weighted by Crippen LogP contribution is -2.42. The van der Waals surface area contributed by atoms with Gasteiger partial charge in [-0.1, -0.05) is 0 Å². The van der Waals surface area contributed by atoms with Crippen molar-refractivity contribution in [3.63, 3.8) is 0 Å². The molecule has 2 atom stereocenters. The Balaban J connectivity index is 1.95. The number of likely N-dealkylation sites (N-methyl/N-ethyl adjacent to an activating group) is 1. The minimum atomic E-state index is 0.0236. The molecule has 6 nitrogen and oxygen atoms in total. The second-order valence-electron chi connectivity index (χ2n) is 4.41. The number of nitrogens with zero attached hydrogens (tertiary/aromatic N) is 3. The summed E-state index contributed by atoms with van der Waals surface area (Å²) in [7, 11) is 1.81. The van der Waals surface area contributed by atoms with E-state index in [2.05, 4.69) is 5.10 Å². The molecular formula is C11H18N4O2. The lowest BCUT2D eigenvalue weighted by Gasteiger charge is -2.26. The summed E-state index contributed by atoms with van der Waals surface area (Å²) in [5.41, 5.74) is 6.11. The molecule has 1 aromatic rings. The van der Waals surface area contributed by atoms with E-state index < -0.39 is 0 Å². The van der Waals surface area contributed by atoms with Crippen LogP contribution in [0.25, 0.3) is 0 Å². The van der Waals surface area contributed by atoms with Gasteiger partial charge in [-0.3, -0.25) is 9.48 Å². The molecule has 0 saturated carbocycles. The molecule has 1 aliphatic rings.